The molecular formula is C15H21ClF4N2O. The highest BCUT2D eigenvalue weighted by molar-refractivity contribution is 6.31. The molecule has 0 bridgehead atoms. The third-order valence-electron chi connectivity index (χ3n) is 2.63. The largest absolute Gasteiger partial charge is 0.417 e. The van der Waals surface area contributed by atoms with Crippen molar-refractivity contribution >= 4 is 23.2 Å². The number of benzene rings is 1. The molecule has 23 heavy (non-hydrogen) atoms. The summed E-state index contributed by atoms with van der Waals surface area (Å²) in [6.07, 6.45) is -2.10. The summed E-state index contributed by atoms with van der Waals surface area (Å²) in [5, 5.41) is 1.36. The van der Waals surface area contributed by atoms with Crippen LogP contribution in [0.5, 0.6) is 0 Å². The van der Waals surface area contributed by atoms with Gasteiger partial charge in [0.25, 0.3) is 0 Å². The van der Waals surface area contributed by atoms with Gasteiger partial charge in [0.2, 0.25) is 5.91 Å². The van der Waals surface area contributed by atoms with Crippen LogP contribution in [0.1, 0.15) is 32.3 Å². The van der Waals surface area contributed by atoms with E-state index in [1.165, 1.54) is 19.4 Å². The standard InChI is InChI=1S/C9H6ClF4NO.C6H15N/c1-4(16)15-8-3-6(10)5(2-7(8)11)9(12,13)14;1-4-5-6-7(2)3/h2-3H,1H3,(H,15,16);4-6H2,1-3H3. The normalized spacial score (nSPS) is 11.0. The van der Waals surface area contributed by atoms with Gasteiger partial charge in [-0.05, 0) is 39.2 Å². The summed E-state index contributed by atoms with van der Waals surface area (Å²) < 4.78 is 50.0. The minimum absolute atomic E-state index is 0.244. The van der Waals surface area contributed by atoms with Gasteiger partial charge in [-0.15, -0.1) is 0 Å². The molecule has 0 saturated heterocycles. The van der Waals surface area contributed by atoms with Crippen LogP contribution in [-0.2, 0) is 11.0 Å². The summed E-state index contributed by atoms with van der Waals surface area (Å²) in [6, 6.07) is 0.967. The molecular weight excluding hydrogens is 336 g/mol. The maximum absolute atomic E-state index is 13.1. The number of carbonyl (C=O) groups excluding carboxylic acids is 1. The van der Waals surface area contributed by atoms with Gasteiger partial charge in [-0.2, -0.15) is 13.2 Å². The number of amides is 1. The van der Waals surface area contributed by atoms with E-state index < -0.39 is 28.5 Å². The Morgan fingerprint density at radius 2 is 1.87 bits per heavy atom. The molecule has 1 N–H and O–H groups in total. The number of unbranched alkanes of at least 4 members (excludes halogenated alkanes) is 1. The fourth-order valence-electron chi connectivity index (χ4n) is 1.52. The van der Waals surface area contributed by atoms with Crippen LogP contribution in [0.15, 0.2) is 12.1 Å². The molecule has 0 spiro atoms. The molecule has 0 aromatic heterocycles. The molecule has 1 aromatic carbocycles. The number of nitrogens with zero attached hydrogens (tertiary/aromatic N) is 1. The Hall–Kier alpha value is -1.34. The lowest BCUT2D eigenvalue weighted by Gasteiger charge is -2.11. The Morgan fingerprint density at radius 3 is 2.22 bits per heavy atom. The average molecular weight is 357 g/mol. The summed E-state index contributed by atoms with van der Waals surface area (Å²) in [4.78, 5) is 12.8. The van der Waals surface area contributed by atoms with Crippen LogP contribution in [0, 0.1) is 5.82 Å². The smallest absolute Gasteiger partial charge is 0.324 e. The zero-order valence-corrected chi connectivity index (χ0v) is 14.3. The molecule has 1 amide bonds. The van der Waals surface area contributed by atoms with E-state index in [1.54, 1.807) is 0 Å². The molecule has 0 heterocycles. The monoisotopic (exact) mass is 356 g/mol. The first kappa shape index (κ1) is 21.7. The fourth-order valence-corrected chi connectivity index (χ4v) is 1.79. The third kappa shape index (κ3) is 8.76. The summed E-state index contributed by atoms with van der Waals surface area (Å²) >= 11 is 5.33. The van der Waals surface area contributed by atoms with Crippen LogP contribution >= 0.6 is 11.6 Å². The number of rotatable bonds is 4. The Morgan fingerprint density at radius 1 is 1.30 bits per heavy atom. The maximum atomic E-state index is 13.1. The molecule has 0 unspecified atom stereocenters. The first-order valence-electron chi connectivity index (χ1n) is 6.97. The van der Waals surface area contributed by atoms with E-state index in [0.717, 1.165) is 13.0 Å². The molecule has 132 valence electrons. The van der Waals surface area contributed by atoms with Gasteiger partial charge in [-0.3, -0.25) is 4.79 Å². The van der Waals surface area contributed by atoms with Crippen molar-refractivity contribution in [2.75, 3.05) is 26.0 Å². The van der Waals surface area contributed by atoms with Gasteiger partial charge in [0.05, 0.1) is 16.3 Å². The van der Waals surface area contributed by atoms with Crippen LogP contribution in [0.4, 0.5) is 23.2 Å². The zero-order chi connectivity index (χ0) is 18.2. The van der Waals surface area contributed by atoms with Gasteiger partial charge in [-0.25, -0.2) is 4.39 Å². The number of hydrogen-bond acceptors (Lipinski definition) is 2. The molecule has 0 aliphatic heterocycles. The lowest BCUT2D eigenvalue weighted by atomic mass is 10.2. The van der Waals surface area contributed by atoms with Crippen LogP contribution in [-0.4, -0.2) is 31.4 Å². The molecule has 0 radical (unpaired) electrons. The SMILES string of the molecule is CC(=O)Nc1cc(Cl)c(C(F)(F)F)cc1F.CCCCN(C)C. The lowest BCUT2D eigenvalue weighted by molar-refractivity contribution is -0.137. The molecule has 0 atom stereocenters. The highest BCUT2D eigenvalue weighted by Gasteiger charge is 2.34. The Labute approximate surface area is 138 Å². The lowest BCUT2D eigenvalue weighted by Crippen LogP contribution is -2.12. The second-order valence-corrected chi connectivity index (χ2v) is 5.55. The van der Waals surface area contributed by atoms with Gasteiger partial charge in [0, 0.05) is 6.92 Å². The first-order valence-corrected chi connectivity index (χ1v) is 7.35. The van der Waals surface area contributed by atoms with Crippen molar-refractivity contribution < 1.29 is 22.4 Å². The van der Waals surface area contributed by atoms with E-state index in [0.29, 0.717) is 0 Å². The number of hydrogen-bond donors (Lipinski definition) is 1. The van der Waals surface area contributed by atoms with Crippen molar-refractivity contribution in [3.8, 4) is 0 Å². The molecule has 1 rings (SSSR count). The Kier molecular flexibility index (Phi) is 9.16. The molecule has 8 heteroatoms. The van der Waals surface area contributed by atoms with E-state index in [2.05, 4.69) is 25.9 Å². The summed E-state index contributed by atoms with van der Waals surface area (Å²) in [5.41, 5.74) is -1.66. The van der Waals surface area contributed by atoms with E-state index in [1.807, 2.05) is 5.32 Å². The minimum atomic E-state index is -4.73. The predicted octanol–water partition coefficient (Wildman–Crippen LogP) is 4.80. The van der Waals surface area contributed by atoms with Crippen molar-refractivity contribution in [2.45, 2.75) is 32.9 Å². The first-order chi connectivity index (χ1) is 10.5. The van der Waals surface area contributed by atoms with E-state index >= 15 is 0 Å². The molecule has 1 aromatic rings. The van der Waals surface area contributed by atoms with Crippen LogP contribution in [0.3, 0.4) is 0 Å². The maximum Gasteiger partial charge on any atom is 0.417 e. The summed E-state index contributed by atoms with van der Waals surface area (Å²) in [7, 11) is 4.21. The van der Waals surface area contributed by atoms with E-state index in [-0.39, 0.29) is 11.8 Å². The highest BCUT2D eigenvalue weighted by atomic mass is 35.5. The van der Waals surface area contributed by atoms with Gasteiger partial charge in [0.15, 0.2) is 0 Å². The summed E-state index contributed by atoms with van der Waals surface area (Å²) in [6.45, 7) is 4.55. The second-order valence-electron chi connectivity index (χ2n) is 5.15. The Balaban J connectivity index is 0.000000585. The fraction of sp³-hybridized carbons (Fsp3) is 0.533. The van der Waals surface area contributed by atoms with E-state index in [4.69, 9.17) is 11.6 Å². The summed E-state index contributed by atoms with van der Waals surface area (Å²) in [5.74, 6) is -1.79. The Bertz CT molecular complexity index is 519. The zero-order valence-electron chi connectivity index (χ0n) is 13.5. The van der Waals surface area contributed by atoms with Gasteiger partial charge >= 0.3 is 6.18 Å². The van der Waals surface area contributed by atoms with Crippen molar-refractivity contribution in [3.05, 3.63) is 28.5 Å². The molecule has 3 nitrogen and oxygen atoms in total. The van der Waals surface area contributed by atoms with Gasteiger partial charge in [-0.1, -0.05) is 24.9 Å². The van der Waals surface area contributed by atoms with Crippen molar-refractivity contribution in [2.24, 2.45) is 0 Å². The number of alkyl halides is 3. The number of halogens is 5. The average Bonchev–Trinajstić information content (AvgIpc) is 2.39. The van der Waals surface area contributed by atoms with Gasteiger partial charge in [0.1, 0.15) is 5.82 Å². The van der Waals surface area contributed by atoms with Crippen molar-refractivity contribution in [1.82, 2.24) is 4.90 Å². The van der Waals surface area contributed by atoms with Crippen molar-refractivity contribution in [3.63, 3.8) is 0 Å². The molecule has 0 aliphatic carbocycles. The molecule has 0 saturated carbocycles. The van der Waals surface area contributed by atoms with Crippen LogP contribution < -0.4 is 5.32 Å². The van der Waals surface area contributed by atoms with Crippen LogP contribution in [0.2, 0.25) is 5.02 Å². The molecule has 0 fully saturated rings. The third-order valence-corrected chi connectivity index (χ3v) is 2.94. The highest BCUT2D eigenvalue weighted by Crippen LogP contribution is 2.37. The minimum Gasteiger partial charge on any atom is -0.324 e. The number of carbonyl (C=O) groups is 1. The van der Waals surface area contributed by atoms with Gasteiger partial charge < -0.3 is 10.2 Å². The second kappa shape index (κ2) is 9.72. The van der Waals surface area contributed by atoms with Crippen LogP contribution in [0.25, 0.3) is 0 Å². The number of nitrogens with one attached hydrogen (secondary N) is 1. The number of anilines is 1. The predicted molar refractivity (Wildman–Crippen MR) is 84.2 cm³/mol. The molecule has 0 aliphatic rings. The van der Waals surface area contributed by atoms with Crippen molar-refractivity contribution in [1.29, 1.82) is 0 Å². The van der Waals surface area contributed by atoms with E-state index in [9.17, 15) is 22.4 Å². The topological polar surface area (TPSA) is 32.3 Å². The quantitative estimate of drug-likeness (QED) is 0.785.